The van der Waals surface area contributed by atoms with Crippen LogP contribution in [0.15, 0.2) is 70.1 Å². The van der Waals surface area contributed by atoms with Crippen LogP contribution in [0.4, 0.5) is 5.13 Å². The third kappa shape index (κ3) is 4.39. The van der Waals surface area contributed by atoms with E-state index in [1.165, 1.54) is 29.4 Å². The van der Waals surface area contributed by atoms with Crippen molar-refractivity contribution in [2.75, 3.05) is 25.0 Å². The van der Waals surface area contributed by atoms with E-state index in [1.54, 1.807) is 17.5 Å². The molecular weight excluding hydrogens is 414 g/mol. The lowest BCUT2D eigenvalue weighted by Crippen LogP contribution is -2.41. The Hall–Kier alpha value is -2.33. The Morgan fingerprint density at radius 2 is 1.93 bits per heavy atom. The van der Waals surface area contributed by atoms with Crippen molar-refractivity contribution >= 4 is 43.7 Å². The van der Waals surface area contributed by atoms with Gasteiger partial charge in [-0.25, -0.2) is 13.4 Å². The summed E-state index contributed by atoms with van der Waals surface area (Å²) in [7, 11) is -2.30. The molecule has 6 nitrogen and oxygen atoms in total. The molecule has 0 bridgehead atoms. The standard InChI is InChI=1S/C19H19N3O3S3/c1-3-11-22(19-20-16(14-27-19)15-8-5-4-6-9-15)17(23)13-21(2)28(24,25)18-10-7-12-26-18/h3-10,12,14H,1,11,13H2,2H3. The van der Waals surface area contributed by atoms with Crippen LogP contribution in [0.2, 0.25) is 0 Å². The first-order valence-electron chi connectivity index (χ1n) is 8.35. The second-order valence-electron chi connectivity index (χ2n) is 5.87. The molecule has 0 saturated heterocycles. The minimum atomic E-state index is -3.70. The third-order valence-corrected chi connectivity index (χ3v) is 7.96. The number of benzene rings is 1. The first kappa shape index (κ1) is 20.4. The number of thiazole rings is 1. The number of carbonyl (C=O) groups is 1. The fourth-order valence-electron chi connectivity index (χ4n) is 2.47. The highest BCUT2D eigenvalue weighted by molar-refractivity contribution is 7.91. The number of hydrogen-bond acceptors (Lipinski definition) is 6. The topological polar surface area (TPSA) is 70.6 Å². The minimum Gasteiger partial charge on any atom is -0.283 e. The molecule has 146 valence electrons. The van der Waals surface area contributed by atoms with Gasteiger partial charge in [-0.1, -0.05) is 42.5 Å². The van der Waals surface area contributed by atoms with E-state index in [0.717, 1.165) is 26.9 Å². The van der Waals surface area contributed by atoms with E-state index >= 15 is 0 Å². The van der Waals surface area contributed by atoms with Crippen LogP contribution < -0.4 is 4.90 Å². The number of thiophene rings is 1. The predicted octanol–water partition coefficient (Wildman–Crippen LogP) is 3.71. The summed E-state index contributed by atoms with van der Waals surface area (Å²) in [6, 6.07) is 12.8. The molecule has 0 radical (unpaired) electrons. The van der Waals surface area contributed by atoms with E-state index in [-0.39, 0.29) is 23.2 Å². The van der Waals surface area contributed by atoms with E-state index in [0.29, 0.717) is 5.13 Å². The van der Waals surface area contributed by atoms with Crippen LogP contribution in [0.25, 0.3) is 11.3 Å². The minimum absolute atomic E-state index is 0.207. The molecule has 0 aliphatic rings. The highest BCUT2D eigenvalue weighted by Crippen LogP contribution is 2.28. The normalized spacial score (nSPS) is 11.5. The maximum Gasteiger partial charge on any atom is 0.252 e. The highest BCUT2D eigenvalue weighted by Gasteiger charge is 2.27. The van der Waals surface area contributed by atoms with Crippen LogP contribution in [0, 0.1) is 0 Å². The Kier molecular flexibility index (Phi) is 6.40. The van der Waals surface area contributed by atoms with Crippen LogP contribution in [0.1, 0.15) is 0 Å². The third-order valence-electron chi connectivity index (χ3n) is 3.92. The first-order valence-corrected chi connectivity index (χ1v) is 11.6. The molecule has 2 aromatic heterocycles. The number of anilines is 1. The van der Waals surface area contributed by atoms with Crippen LogP contribution in [0.5, 0.6) is 0 Å². The predicted molar refractivity (Wildman–Crippen MR) is 114 cm³/mol. The van der Waals surface area contributed by atoms with Crippen molar-refractivity contribution in [1.29, 1.82) is 0 Å². The summed E-state index contributed by atoms with van der Waals surface area (Å²) in [5.74, 6) is -0.364. The molecule has 0 atom stereocenters. The van der Waals surface area contributed by atoms with Gasteiger partial charge in [0.2, 0.25) is 5.91 Å². The highest BCUT2D eigenvalue weighted by atomic mass is 32.2. The summed E-state index contributed by atoms with van der Waals surface area (Å²) in [5.41, 5.74) is 1.72. The molecule has 0 aliphatic heterocycles. The summed E-state index contributed by atoms with van der Waals surface area (Å²) in [6.45, 7) is 3.65. The van der Waals surface area contributed by atoms with Crippen LogP contribution in [0.3, 0.4) is 0 Å². The Balaban J connectivity index is 1.80. The van der Waals surface area contributed by atoms with Gasteiger partial charge in [0.25, 0.3) is 10.0 Å². The summed E-state index contributed by atoms with van der Waals surface area (Å²) in [4.78, 5) is 18.8. The Labute approximate surface area is 172 Å². The summed E-state index contributed by atoms with van der Waals surface area (Å²) >= 11 is 2.45. The SMILES string of the molecule is C=CCN(C(=O)CN(C)S(=O)(=O)c1cccs1)c1nc(-c2ccccc2)cs1. The largest absolute Gasteiger partial charge is 0.283 e. The lowest BCUT2D eigenvalue weighted by Gasteiger charge is -2.22. The second-order valence-corrected chi connectivity index (χ2v) is 9.92. The molecule has 0 fully saturated rings. The lowest BCUT2D eigenvalue weighted by atomic mass is 10.2. The Morgan fingerprint density at radius 3 is 2.57 bits per heavy atom. The van der Waals surface area contributed by atoms with Gasteiger partial charge in [-0.15, -0.1) is 29.3 Å². The van der Waals surface area contributed by atoms with E-state index in [2.05, 4.69) is 11.6 Å². The molecule has 3 rings (SSSR count). The Morgan fingerprint density at radius 1 is 1.18 bits per heavy atom. The molecule has 1 amide bonds. The molecule has 2 heterocycles. The van der Waals surface area contributed by atoms with Crippen LogP contribution in [-0.2, 0) is 14.8 Å². The van der Waals surface area contributed by atoms with Gasteiger partial charge in [0.05, 0.1) is 12.2 Å². The van der Waals surface area contributed by atoms with Gasteiger partial charge in [-0.05, 0) is 11.4 Å². The molecule has 0 aliphatic carbocycles. The van der Waals surface area contributed by atoms with E-state index < -0.39 is 10.0 Å². The van der Waals surface area contributed by atoms with Crippen LogP contribution in [-0.4, -0.2) is 43.8 Å². The van der Waals surface area contributed by atoms with Gasteiger partial charge >= 0.3 is 0 Å². The number of nitrogens with zero attached hydrogens (tertiary/aromatic N) is 3. The zero-order chi connectivity index (χ0) is 20.1. The number of carbonyl (C=O) groups excluding carboxylic acids is 1. The van der Waals surface area contributed by atoms with Crippen molar-refractivity contribution in [3.8, 4) is 11.3 Å². The van der Waals surface area contributed by atoms with Crippen molar-refractivity contribution in [3.63, 3.8) is 0 Å². The quantitative estimate of drug-likeness (QED) is 0.508. The van der Waals surface area contributed by atoms with Gasteiger partial charge in [-0.3, -0.25) is 9.69 Å². The average molecular weight is 434 g/mol. The number of hydrogen-bond donors (Lipinski definition) is 0. The molecule has 9 heteroatoms. The van der Waals surface area contributed by atoms with Gasteiger partial charge in [0.1, 0.15) is 4.21 Å². The molecule has 0 spiro atoms. The maximum atomic E-state index is 12.8. The van der Waals surface area contributed by atoms with Crippen molar-refractivity contribution in [3.05, 3.63) is 65.9 Å². The second kappa shape index (κ2) is 8.78. The van der Waals surface area contributed by atoms with Gasteiger partial charge < -0.3 is 0 Å². The average Bonchev–Trinajstić information content (AvgIpc) is 3.39. The first-order chi connectivity index (χ1) is 13.4. The molecular formula is C19H19N3O3S3. The fourth-order valence-corrected chi connectivity index (χ4v) is 5.65. The number of aromatic nitrogens is 1. The van der Waals surface area contributed by atoms with Gasteiger partial charge in [0.15, 0.2) is 5.13 Å². The summed E-state index contributed by atoms with van der Waals surface area (Å²) in [6.07, 6.45) is 1.59. The van der Waals surface area contributed by atoms with Gasteiger partial charge in [0, 0.05) is 24.5 Å². The van der Waals surface area contributed by atoms with Crippen molar-refractivity contribution in [1.82, 2.24) is 9.29 Å². The fraction of sp³-hybridized carbons (Fsp3) is 0.158. The van der Waals surface area contributed by atoms with Crippen molar-refractivity contribution in [2.45, 2.75) is 4.21 Å². The lowest BCUT2D eigenvalue weighted by molar-refractivity contribution is -0.118. The molecule has 1 aromatic carbocycles. The zero-order valence-corrected chi connectivity index (χ0v) is 17.6. The Bertz CT molecular complexity index is 1040. The number of amides is 1. The zero-order valence-electron chi connectivity index (χ0n) is 15.2. The summed E-state index contributed by atoms with van der Waals surface area (Å²) < 4.78 is 26.4. The maximum absolute atomic E-state index is 12.8. The van der Waals surface area contributed by atoms with E-state index in [1.807, 2.05) is 35.7 Å². The van der Waals surface area contributed by atoms with Crippen molar-refractivity contribution in [2.24, 2.45) is 0 Å². The van der Waals surface area contributed by atoms with Crippen LogP contribution >= 0.6 is 22.7 Å². The number of likely N-dealkylation sites (N-methyl/N-ethyl adjacent to an activating group) is 1. The molecule has 28 heavy (non-hydrogen) atoms. The monoisotopic (exact) mass is 433 g/mol. The summed E-state index contributed by atoms with van der Waals surface area (Å²) in [5, 5.41) is 4.07. The molecule has 0 N–H and O–H groups in total. The smallest absolute Gasteiger partial charge is 0.252 e. The van der Waals surface area contributed by atoms with E-state index in [9.17, 15) is 13.2 Å². The molecule has 0 saturated carbocycles. The molecule has 0 unspecified atom stereocenters. The number of rotatable bonds is 8. The van der Waals surface area contributed by atoms with Gasteiger partial charge in [-0.2, -0.15) is 4.31 Å². The van der Waals surface area contributed by atoms with E-state index in [4.69, 9.17) is 0 Å². The number of sulfonamides is 1. The molecule has 3 aromatic rings. The van der Waals surface area contributed by atoms with Crippen molar-refractivity contribution < 1.29 is 13.2 Å².